The summed E-state index contributed by atoms with van der Waals surface area (Å²) in [6.07, 6.45) is 5.50. The summed E-state index contributed by atoms with van der Waals surface area (Å²) in [6.45, 7) is 6.51. The van der Waals surface area contributed by atoms with E-state index in [1.165, 1.54) is 0 Å². The summed E-state index contributed by atoms with van der Waals surface area (Å²) in [4.78, 5) is 73.2. The quantitative estimate of drug-likeness (QED) is 0.279. The van der Waals surface area contributed by atoms with Crippen LogP contribution in [0, 0.1) is 5.92 Å². The number of nitrogens with one attached hydrogen (secondary N) is 4. The fourth-order valence-corrected chi connectivity index (χ4v) is 5.63. The fraction of sp³-hybridized carbons (Fsp3) is 0.421. The van der Waals surface area contributed by atoms with E-state index < -0.39 is 35.8 Å². The molecule has 2 bridgehead atoms. The van der Waals surface area contributed by atoms with Crippen LogP contribution in [0.5, 0.6) is 5.75 Å². The molecule has 2 aromatic carbocycles. The van der Waals surface area contributed by atoms with Crippen molar-refractivity contribution >= 4 is 29.5 Å². The van der Waals surface area contributed by atoms with Crippen LogP contribution in [0.25, 0.3) is 0 Å². The van der Waals surface area contributed by atoms with Gasteiger partial charge in [0.05, 0.1) is 13.5 Å². The number of nitrogens with zero attached hydrogens (tertiary/aromatic N) is 2. The molecule has 0 spiro atoms. The van der Waals surface area contributed by atoms with Gasteiger partial charge in [-0.1, -0.05) is 50.6 Å². The Kier molecular flexibility index (Phi) is 13.9. The number of hydrogen-bond acceptors (Lipinski definition) is 7. The lowest BCUT2D eigenvalue weighted by atomic mass is 9.96. The molecule has 2 aliphatic rings. The third-order valence-electron chi connectivity index (χ3n) is 8.94. The zero-order valence-electron chi connectivity index (χ0n) is 29.2. The summed E-state index contributed by atoms with van der Waals surface area (Å²) in [6, 6.07) is 14.9. The number of carbonyl (C=O) groups excluding carboxylic acids is 5. The number of ether oxygens (including phenoxy) is 1. The molecule has 1 aromatic heterocycles. The second kappa shape index (κ2) is 18.5. The molecule has 0 saturated heterocycles. The van der Waals surface area contributed by atoms with Crippen molar-refractivity contribution in [2.75, 3.05) is 20.2 Å². The van der Waals surface area contributed by atoms with Crippen molar-refractivity contribution in [3.8, 4) is 5.75 Å². The minimum Gasteiger partial charge on any atom is -0.497 e. The van der Waals surface area contributed by atoms with Crippen LogP contribution in [-0.4, -0.2) is 77.7 Å². The lowest BCUT2D eigenvalue weighted by Crippen LogP contribution is -2.58. The number of hydrogen-bond donors (Lipinski definition) is 4. The Balaban J connectivity index is 1.59. The van der Waals surface area contributed by atoms with E-state index in [9.17, 15) is 24.0 Å². The molecule has 5 amide bonds. The molecular formula is C38H48N6O6. The van der Waals surface area contributed by atoms with Crippen LogP contribution in [0.3, 0.4) is 0 Å². The third-order valence-corrected chi connectivity index (χ3v) is 8.94. The van der Waals surface area contributed by atoms with Gasteiger partial charge in [0.1, 0.15) is 23.9 Å². The monoisotopic (exact) mass is 684 g/mol. The first kappa shape index (κ1) is 37.6. The molecular weight excluding hydrogens is 636 g/mol. The van der Waals surface area contributed by atoms with Gasteiger partial charge >= 0.3 is 0 Å². The molecule has 5 rings (SSSR count). The first-order valence-corrected chi connectivity index (χ1v) is 17.2. The van der Waals surface area contributed by atoms with Gasteiger partial charge in [-0.2, -0.15) is 0 Å². The molecule has 1 unspecified atom stereocenters. The largest absolute Gasteiger partial charge is 0.497 e. The maximum atomic E-state index is 13.8. The summed E-state index contributed by atoms with van der Waals surface area (Å²) in [5, 5.41) is 11.3. The van der Waals surface area contributed by atoms with Crippen molar-refractivity contribution < 1.29 is 28.7 Å². The molecule has 3 heterocycles. The molecule has 50 heavy (non-hydrogen) atoms. The summed E-state index contributed by atoms with van der Waals surface area (Å²) >= 11 is 0. The van der Waals surface area contributed by atoms with Gasteiger partial charge in [-0.3, -0.25) is 29.0 Å². The highest BCUT2D eigenvalue weighted by molar-refractivity contribution is 5.99. The zero-order chi connectivity index (χ0) is 36.0. The van der Waals surface area contributed by atoms with Crippen LogP contribution in [0.15, 0.2) is 73.1 Å². The number of carbonyl (C=O) groups is 5. The predicted octanol–water partition coefficient (Wildman–Crippen LogP) is 2.95. The number of rotatable bonds is 7. The van der Waals surface area contributed by atoms with E-state index in [4.69, 9.17) is 4.74 Å². The van der Waals surface area contributed by atoms with Crippen molar-refractivity contribution in [2.24, 2.45) is 5.92 Å². The topological polar surface area (TPSA) is 159 Å². The summed E-state index contributed by atoms with van der Waals surface area (Å²) in [7, 11) is 1.56. The van der Waals surface area contributed by atoms with E-state index in [0.717, 1.165) is 16.7 Å². The minimum atomic E-state index is -1.03. The lowest BCUT2D eigenvalue weighted by molar-refractivity contribution is -0.132. The Bertz CT molecular complexity index is 1600. The van der Waals surface area contributed by atoms with Gasteiger partial charge < -0.3 is 30.9 Å². The number of pyridine rings is 1. The number of benzene rings is 2. The summed E-state index contributed by atoms with van der Waals surface area (Å²) < 4.78 is 5.25. The third kappa shape index (κ3) is 10.9. The Morgan fingerprint density at radius 1 is 0.920 bits per heavy atom. The molecule has 12 heteroatoms. The lowest BCUT2D eigenvalue weighted by Gasteiger charge is -2.27. The Hall–Kier alpha value is -5.26. The van der Waals surface area contributed by atoms with Crippen molar-refractivity contribution in [2.45, 2.75) is 77.5 Å². The van der Waals surface area contributed by atoms with E-state index in [1.807, 2.05) is 19.9 Å². The van der Waals surface area contributed by atoms with Crippen LogP contribution in [-0.2, 0) is 38.6 Å². The van der Waals surface area contributed by atoms with Gasteiger partial charge in [0.2, 0.25) is 23.6 Å². The predicted molar refractivity (Wildman–Crippen MR) is 189 cm³/mol. The van der Waals surface area contributed by atoms with E-state index in [2.05, 4.69) is 26.3 Å². The molecule has 12 nitrogen and oxygen atoms in total. The SMILES string of the molecule is CC[C@H](C)C1NC(=O)c2ccc(cc2)CN(C(=O)Cc2cccnc2)CCCCNC(=O)[C@@H](C)NC(=O)[C@H](Cc2ccc(OC)cc2)NC1=O. The van der Waals surface area contributed by atoms with Gasteiger partial charge in [-0.05, 0) is 72.7 Å². The summed E-state index contributed by atoms with van der Waals surface area (Å²) in [5.41, 5.74) is 2.78. The van der Waals surface area contributed by atoms with Crippen LogP contribution in [0.2, 0.25) is 0 Å². The number of fused-ring (bicyclic) bond motifs is 18. The summed E-state index contributed by atoms with van der Waals surface area (Å²) in [5.74, 6) is -1.52. The van der Waals surface area contributed by atoms with E-state index >= 15 is 0 Å². The van der Waals surface area contributed by atoms with Gasteiger partial charge in [0, 0.05) is 44.0 Å². The van der Waals surface area contributed by atoms with E-state index in [-0.39, 0.29) is 30.6 Å². The standard InChI is InChI=1S/C38H48N6O6/c1-5-25(2)34-38(49)42-32(21-27-12-16-31(50-4)17-13-27)37(48)41-26(3)35(46)40-19-6-7-20-44(33(45)22-29-9-8-18-39-23-29)24-28-10-14-30(15-11-28)36(47)43-34/h8-18,23,25-26,32,34H,5-7,19-22,24H2,1-4H3,(H,40,46)(H,41,48)(H,42,49)(H,43,47)/t25-,26+,32-,34?/m0/s1. The van der Waals surface area contributed by atoms with E-state index in [1.54, 1.807) is 85.9 Å². The number of methoxy groups -OCH3 is 1. The van der Waals surface area contributed by atoms with Crippen LogP contribution in [0.4, 0.5) is 0 Å². The van der Waals surface area contributed by atoms with Gasteiger partial charge in [-0.15, -0.1) is 0 Å². The van der Waals surface area contributed by atoms with Crippen molar-refractivity contribution in [3.05, 3.63) is 95.3 Å². The highest BCUT2D eigenvalue weighted by Gasteiger charge is 2.31. The molecule has 3 aromatic rings. The van der Waals surface area contributed by atoms with Crippen LogP contribution < -0.4 is 26.0 Å². The smallest absolute Gasteiger partial charge is 0.251 e. The Morgan fingerprint density at radius 3 is 2.32 bits per heavy atom. The molecule has 0 saturated carbocycles. The van der Waals surface area contributed by atoms with Crippen LogP contribution >= 0.6 is 0 Å². The average molecular weight is 685 g/mol. The second-order valence-corrected chi connectivity index (χ2v) is 12.7. The number of aromatic nitrogens is 1. The molecule has 0 aliphatic carbocycles. The normalized spacial score (nSPS) is 20.4. The first-order chi connectivity index (χ1) is 24.1. The second-order valence-electron chi connectivity index (χ2n) is 12.7. The molecule has 266 valence electrons. The Labute approximate surface area is 293 Å². The van der Waals surface area contributed by atoms with Gasteiger partial charge in [0.25, 0.3) is 5.91 Å². The highest BCUT2D eigenvalue weighted by Crippen LogP contribution is 2.16. The van der Waals surface area contributed by atoms with Crippen molar-refractivity contribution in [3.63, 3.8) is 0 Å². The highest BCUT2D eigenvalue weighted by atomic mass is 16.5. The van der Waals surface area contributed by atoms with Gasteiger partial charge in [-0.25, -0.2) is 0 Å². The van der Waals surface area contributed by atoms with Crippen molar-refractivity contribution in [1.29, 1.82) is 0 Å². The van der Waals surface area contributed by atoms with Crippen LogP contribution in [0.1, 0.15) is 67.1 Å². The first-order valence-electron chi connectivity index (χ1n) is 17.2. The maximum Gasteiger partial charge on any atom is 0.251 e. The molecule has 0 fully saturated rings. The van der Waals surface area contributed by atoms with E-state index in [0.29, 0.717) is 50.2 Å². The molecule has 4 N–H and O–H groups in total. The molecule has 0 radical (unpaired) electrons. The minimum absolute atomic E-state index is 0.0646. The average Bonchev–Trinajstić information content (AvgIpc) is 3.12. The fourth-order valence-electron chi connectivity index (χ4n) is 5.63. The van der Waals surface area contributed by atoms with Gasteiger partial charge in [0.15, 0.2) is 0 Å². The zero-order valence-corrected chi connectivity index (χ0v) is 29.2. The number of amides is 5. The van der Waals surface area contributed by atoms with Crippen molar-refractivity contribution in [1.82, 2.24) is 31.2 Å². The maximum absolute atomic E-state index is 13.8. The molecule has 2 aliphatic heterocycles. The Morgan fingerprint density at radius 2 is 1.66 bits per heavy atom. The molecule has 4 atom stereocenters.